The zero-order valence-corrected chi connectivity index (χ0v) is 9.34. The number of hydrogen-bond donors (Lipinski definition) is 1. The molecule has 0 atom stereocenters. The highest BCUT2D eigenvalue weighted by Crippen LogP contribution is 2.17. The summed E-state index contributed by atoms with van der Waals surface area (Å²) in [7, 11) is 0. The van der Waals surface area contributed by atoms with Crippen molar-refractivity contribution in [1.82, 2.24) is 0 Å². The van der Waals surface area contributed by atoms with Gasteiger partial charge in [0.25, 0.3) is 0 Å². The number of hydrogen-bond acceptors (Lipinski definition) is 4. The Morgan fingerprint density at radius 3 is 2.88 bits per heavy atom. The topological polar surface area (TPSA) is 73.9 Å². The summed E-state index contributed by atoms with van der Waals surface area (Å²) in [5, 5.41) is 16.6. The summed E-state index contributed by atoms with van der Waals surface area (Å²) in [5.74, 6) is -0.714. The van der Waals surface area contributed by atoms with E-state index in [-0.39, 0.29) is 17.9 Å². The van der Waals surface area contributed by atoms with E-state index in [2.05, 4.69) is 4.74 Å². The second kappa shape index (κ2) is 5.29. The molecule has 5 heteroatoms. The molecular formula is C11H9ClN2O2. The van der Waals surface area contributed by atoms with Crippen LogP contribution >= 0.6 is 11.6 Å². The van der Waals surface area contributed by atoms with E-state index in [1.54, 1.807) is 6.92 Å². The first-order chi connectivity index (χ1) is 7.60. The van der Waals surface area contributed by atoms with Crippen LogP contribution in [0.2, 0.25) is 5.02 Å². The Hall–Kier alpha value is -1.86. The molecule has 4 nitrogen and oxygen atoms in total. The van der Waals surface area contributed by atoms with Crippen molar-refractivity contribution >= 4 is 23.3 Å². The quantitative estimate of drug-likeness (QED) is 0.645. The second-order valence-electron chi connectivity index (χ2n) is 2.90. The van der Waals surface area contributed by atoms with E-state index in [9.17, 15) is 4.79 Å². The summed E-state index contributed by atoms with van der Waals surface area (Å²) in [6.45, 7) is 1.87. The molecule has 1 rings (SSSR count). The van der Waals surface area contributed by atoms with Gasteiger partial charge in [0.05, 0.1) is 17.2 Å². The Labute approximate surface area is 97.9 Å². The maximum absolute atomic E-state index is 11.3. The normalized spacial score (nSPS) is 9.31. The van der Waals surface area contributed by atoms with Crippen LogP contribution in [0.5, 0.6) is 0 Å². The molecule has 0 radical (unpaired) electrons. The van der Waals surface area contributed by atoms with Gasteiger partial charge in [-0.2, -0.15) is 5.26 Å². The molecular weight excluding hydrogens is 228 g/mol. The average Bonchev–Trinajstić information content (AvgIpc) is 2.29. The van der Waals surface area contributed by atoms with Crippen molar-refractivity contribution < 1.29 is 9.53 Å². The molecule has 82 valence electrons. The van der Waals surface area contributed by atoms with Gasteiger partial charge in [0, 0.05) is 5.56 Å². The van der Waals surface area contributed by atoms with Crippen molar-refractivity contribution in [3.63, 3.8) is 0 Å². The first-order valence-electron chi connectivity index (χ1n) is 4.55. The summed E-state index contributed by atoms with van der Waals surface area (Å²) < 4.78 is 4.68. The minimum absolute atomic E-state index is 0.208. The fourth-order valence-electron chi connectivity index (χ4n) is 1.09. The maximum Gasteiger partial charge on any atom is 0.356 e. The SMILES string of the molecule is CCOC(=O)C(=N)c1ccc(Cl)c(C#N)c1. The number of benzene rings is 1. The van der Waals surface area contributed by atoms with Gasteiger partial charge in [0.2, 0.25) is 0 Å². The lowest BCUT2D eigenvalue weighted by Crippen LogP contribution is -2.17. The molecule has 0 amide bonds. The van der Waals surface area contributed by atoms with Crippen LogP contribution in [0.1, 0.15) is 18.1 Å². The number of nitriles is 1. The van der Waals surface area contributed by atoms with Crippen LogP contribution in [0.3, 0.4) is 0 Å². The largest absolute Gasteiger partial charge is 0.461 e. The van der Waals surface area contributed by atoms with Crippen LogP contribution in [-0.4, -0.2) is 18.3 Å². The third-order valence-corrected chi connectivity index (χ3v) is 2.18. The Bertz CT molecular complexity index is 477. The van der Waals surface area contributed by atoms with E-state index >= 15 is 0 Å². The molecule has 0 bridgehead atoms. The molecule has 0 aliphatic heterocycles. The molecule has 1 aromatic carbocycles. The highest BCUT2D eigenvalue weighted by molar-refractivity contribution is 6.42. The van der Waals surface area contributed by atoms with Gasteiger partial charge in [-0.3, -0.25) is 5.41 Å². The van der Waals surface area contributed by atoms with Crippen molar-refractivity contribution in [2.24, 2.45) is 0 Å². The number of nitrogens with one attached hydrogen (secondary N) is 1. The minimum atomic E-state index is -0.714. The van der Waals surface area contributed by atoms with E-state index in [0.717, 1.165) is 0 Å². The highest BCUT2D eigenvalue weighted by Gasteiger charge is 2.14. The van der Waals surface area contributed by atoms with E-state index in [0.29, 0.717) is 10.6 Å². The summed E-state index contributed by atoms with van der Waals surface area (Å²) >= 11 is 5.73. The second-order valence-corrected chi connectivity index (χ2v) is 3.31. The van der Waals surface area contributed by atoms with Crippen molar-refractivity contribution in [3.05, 3.63) is 34.3 Å². The van der Waals surface area contributed by atoms with E-state index in [4.69, 9.17) is 22.3 Å². The van der Waals surface area contributed by atoms with Crippen LogP contribution in [0, 0.1) is 16.7 Å². The van der Waals surface area contributed by atoms with Crippen LogP contribution in [0.25, 0.3) is 0 Å². The number of halogens is 1. The zero-order chi connectivity index (χ0) is 12.1. The van der Waals surface area contributed by atoms with Crippen molar-refractivity contribution in [3.8, 4) is 6.07 Å². The summed E-state index contributed by atoms with van der Waals surface area (Å²) in [6, 6.07) is 6.25. The molecule has 0 unspecified atom stereocenters. The smallest absolute Gasteiger partial charge is 0.356 e. The van der Waals surface area contributed by atoms with E-state index in [1.165, 1.54) is 18.2 Å². The molecule has 0 aliphatic rings. The Morgan fingerprint density at radius 2 is 2.31 bits per heavy atom. The van der Waals surface area contributed by atoms with Crippen LogP contribution in [-0.2, 0) is 9.53 Å². The molecule has 16 heavy (non-hydrogen) atoms. The third kappa shape index (κ3) is 2.59. The molecule has 0 aromatic heterocycles. The lowest BCUT2D eigenvalue weighted by atomic mass is 10.1. The molecule has 0 fully saturated rings. The summed E-state index contributed by atoms with van der Waals surface area (Å²) in [5.41, 5.74) is 0.266. The minimum Gasteiger partial charge on any atom is -0.461 e. The van der Waals surface area contributed by atoms with Gasteiger partial charge in [0.15, 0.2) is 0 Å². The average molecular weight is 237 g/mol. The maximum atomic E-state index is 11.3. The number of rotatable bonds is 3. The van der Waals surface area contributed by atoms with Gasteiger partial charge in [-0.15, -0.1) is 0 Å². The number of esters is 1. The third-order valence-electron chi connectivity index (χ3n) is 1.86. The van der Waals surface area contributed by atoms with Crippen molar-refractivity contribution in [1.29, 1.82) is 10.7 Å². The zero-order valence-electron chi connectivity index (χ0n) is 8.58. The summed E-state index contributed by atoms with van der Waals surface area (Å²) in [4.78, 5) is 11.3. The van der Waals surface area contributed by atoms with Crippen molar-refractivity contribution in [2.75, 3.05) is 6.61 Å². The number of ether oxygens (including phenoxy) is 1. The molecule has 1 aromatic rings. The number of carbonyl (C=O) groups excluding carboxylic acids is 1. The Morgan fingerprint density at radius 1 is 1.62 bits per heavy atom. The molecule has 0 heterocycles. The van der Waals surface area contributed by atoms with Crippen LogP contribution < -0.4 is 0 Å². The first kappa shape index (κ1) is 12.2. The highest BCUT2D eigenvalue weighted by atomic mass is 35.5. The van der Waals surface area contributed by atoms with Gasteiger partial charge in [-0.1, -0.05) is 17.7 Å². The molecule has 1 N–H and O–H groups in total. The number of carbonyl (C=O) groups is 1. The lowest BCUT2D eigenvalue weighted by Gasteiger charge is -2.04. The van der Waals surface area contributed by atoms with Gasteiger partial charge in [-0.25, -0.2) is 4.79 Å². The fourth-order valence-corrected chi connectivity index (χ4v) is 1.25. The first-order valence-corrected chi connectivity index (χ1v) is 4.93. The van der Waals surface area contributed by atoms with Gasteiger partial charge in [-0.05, 0) is 19.1 Å². The molecule has 0 spiro atoms. The van der Waals surface area contributed by atoms with Gasteiger partial charge in [0.1, 0.15) is 11.8 Å². The molecule has 0 aliphatic carbocycles. The lowest BCUT2D eigenvalue weighted by molar-refractivity contribution is -0.135. The van der Waals surface area contributed by atoms with Gasteiger partial charge >= 0.3 is 5.97 Å². The standard InChI is InChI=1S/C11H9ClN2O2/c1-2-16-11(15)10(14)7-3-4-9(12)8(5-7)6-13/h3-5,14H,2H2,1H3. The van der Waals surface area contributed by atoms with Crippen LogP contribution in [0.15, 0.2) is 18.2 Å². The van der Waals surface area contributed by atoms with Crippen molar-refractivity contribution in [2.45, 2.75) is 6.92 Å². The Kier molecular flexibility index (Phi) is 4.03. The Balaban J connectivity index is 3.02. The number of nitrogens with zero attached hydrogens (tertiary/aromatic N) is 1. The molecule has 0 saturated carbocycles. The summed E-state index contributed by atoms with van der Waals surface area (Å²) in [6.07, 6.45) is 0. The van der Waals surface area contributed by atoms with E-state index in [1.807, 2.05) is 6.07 Å². The predicted molar refractivity (Wildman–Crippen MR) is 59.6 cm³/mol. The molecule has 0 saturated heterocycles. The monoisotopic (exact) mass is 236 g/mol. The van der Waals surface area contributed by atoms with Gasteiger partial charge < -0.3 is 4.74 Å². The fraction of sp³-hybridized carbons (Fsp3) is 0.182. The predicted octanol–water partition coefficient (Wildman–Crippen LogP) is 2.14. The van der Waals surface area contributed by atoms with Crippen LogP contribution in [0.4, 0.5) is 0 Å². The van der Waals surface area contributed by atoms with E-state index < -0.39 is 5.97 Å².